The minimum absolute atomic E-state index is 0.549. The smallest absolute Gasteiger partial charge is 0.159 e. The Hall–Kier alpha value is -1.45. The third-order valence-corrected chi connectivity index (χ3v) is 4.27. The molecule has 2 N–H and O–H groups in total. The van der Waals surface area contributed by atoms with Crippen LogP contribution in [-0.4, -0.2) is 5.17 Å². The van der Waals surface area contributed by atoms with E-state index in [2.05, 4.69) is 24.9 Å². The zero-order valence-corrected chi connectivity index (χ0v) is 13.1. The summed E-state index contributed by atoms with van der Waals surface area (Å²) in [5, 5.41) is 1.31. The van der Waals surface area contributed by atoms with Crippen LogP contribution >= 0.6 is 23.4 Å². The monoisotopic (exact) mass is 304 g/mol. The molecule has 0 aromatic heterocycles. The highest BCUT2D eigenvalue weighted by atomic mass is 35.5. The number of aryl methyl sites for hydroxylation is 2. The first-order valence-corrected chi connectivity index (χ1v) is 7.70. The summed E-state index contributed by atoms with van der Waals surface area (Å²) in [6, 6.07) is 13.8. The second kappa shape index (κ2) is 6.82. The molecule has 0 aliphatic rings. The Morgan fingerprint density at radius 2 is 1.90 bits per heavy atom. The Balaban J connectivity index is 2.04. The van der Waals surface area contributed by atoms with Gasteiger partial charge < -0.3 is 5.73 Å². The van der Waals surface area contributed by atoms with Gasteiger partial charge in [0.05, 0.1) is 5.69 Å². The minimum Gasteiger partial charge on any atom is -0.378 e. The summed E-state index contributed by atoms with van der Waals surface area (Å²) in [6.07, 6.45) is 0. The lowest BCUT2D eigenvalue weighted by Gasteiger charge is -2.05. The zero-order valence-electron chi connectivity index (χ0n) is 11.6. The van der Waals surface area contributed by atoms with E-state index in [0.29, 0.717) is 5.17 Å². The maximum absolute atomic E-state index is 6.11. The van der Waals surface area contributed by atoms with E-state index < -0.39 is 0 Å². The maximum atomic E-state index is 6.11. The van der Waals surface area contributed by atoms with E-state index in [0.717, 1.165) is 22.0 Å². The molecule has 0 atom stereocenters. The fraction of sp³-hybridized carbons (Fsp3) is 0.188. The van der Waals surface area contributed by atoms with E-state index in [1.165, 1.54) is 22.9 Å². The van der Waals surface area contributed by atoms with E-state index in [9.17, 15) is 0 Å². The van der Waals surface area contributed by atoms with Crippen LogP contribution in [0.2, 0.25) is 5.02 Å². The van der Waals surface area contributed by atoms with E-state index in [4.69, 9.17) is 17.3 Å². The molecule has 104 valence electrons. The van der Waals surface area contributed by atoms with Gasteiger partial charge in [0.1, 0.15) is 0 Å². The average Bonchev–Trinajstić information content (AvgIpc) is 2.42. The van der Waals surface area contributed by atoms with Crippen LogP contribution in [0.1, 0.15) is 16.7 Å². The van der Waals surface area contributed by atoms with E-state index in [1.807, 2.05) is 36.4 Å². The molecule has 4 heteroatoms. The van der Waals surface area contributed by atoms with Crippen molar-refractivity contribution in [3.63, 3.8) is 0 Å². The Kier molecular flexibility index (Phi) is 5.10. The number of nitrogens with zero attached hydrogens (tertiary/aromatic N) is 1. The SMILES string of the molecule is Cc1ccc(N=C(N)SCc2ccccc2Cl)cc1C. The lowest BCUT2D eigenvalue weighted by Crippen LogP contribution is -2.06. The van der Waals surface area contributed by atoms with Crippen LogP contribution in [0.25, 0.3) is 0 Å². The summed E-state index contributed by atoms with van der Waals surface area (Å²) >= 11 is 7.60. The average molecular weight is 305 g/mol. The number of aliphatic imine (C=N–C) groups is 1. The summed E-state index contributed by atoms with van der Waals surface area (Å²) in [7, 11) is 0. The number of hydrogen-bond donors (Lipinski definition) is 1. The van der Waals surface area contributed by atoms with Gasteiger partial charge in [-0.25, -0.2) is 4.99 Å². The summed E-state index contributed by atoms with van der Waals surface area (Å²) in [5.41, 5.74) is 10.4. The molecule has 0 amide bonds. The van der Waals surface area contributed by atoms with Gasteiger partial charge in [-0.3, -0.25) is 0 Å². The molecule has 0 unspecified atom stereocenters. The van der Waals surface area contributed by atoms with Crippen molar-refractivity contribution in [3.05, 3.63) is 64.2 Å². The van der Waals surface area contributed by atoms with Crippen molar-refractivity contribution in [2.75, 3.05) is 0 Å². The second-order valence-corrected chi connectivity index (χ2v) is 6.00. The third kappa shape index (κ3) is 4.02. The molecule has 0 aliphatic heterocycles. The molecule has 20 heavy (non-hydrogen) atoms. The Bertz CT molecular complexity index is 638. The molecule has 2 aromatic carbocycles. The van der Waals surface area contributed by atoms with E-state index >= 15 is 0 Å². The minimum atomic E-state index is 0.549. The molecule has 2 aromatic rings. The van der Waals surface area contributed by atoms with E-state index in [-0.39, 0.29) is 0 Å². The van der Waals surface area contributed by atoms with Gasteiger partial charge in [0.25, 0.3) is 0 Å². The van der Waals surface area contributed by atoms with Gasteiger partial charge in [-0.15, -0.1) is 0 Å². The quantitative estimate of drug-likeness (QED) is 0.651. The van der Waals surface area contributed by atoms with Gasteiger partial charge in [0.15, 0.2) is 5.17 Å². The highest BCUT2D eigenvalue weighted by Crippen LogP contribution is 2.23. The summed E-state index contributed by atoms with van der Waals surface area (Å²) in [6.45, 7) is 4.15. The molecular formula is C16H17ClN2S. The van der Waals surface area contributed by atoms with Crippen LogP contribution in [0, 0.1) is 13.8 Å². The van der Waals surface area contributed by atoms with Gasteiger partial charge in [-0.2, -0.15) is 0 Å². The van der Waals surface area contributed by atoms with Crippen LogP contribution in [0.3, 0.4) is 0 Å². The van der Waals surface area contributed by atoms with Crippen molar-refractivity contribution in [2.24, 2.45) is 10.7 Å². The van der Waals surface area contributed by atoms with Crippen LogP contribution in [-0.2, 0) is 5.75 Å². The number of nitrogens with two attached hydrogens (primary N) is 1. The summed E-state index contributed by atoms with van der Waals surface area (Å²) < 4.78 is 0. The second-order valence-electron chi connectivity index (χ2n) is 4.60. The number of thioether (sulfide) groups is 1. The van der Waals surface area contributed by atoms with Gasteiger partial charge in [0.2, 0.25) is 0 Å². The predicted molar refractivity (Wildman–Crippen MR) is 89.9 cm³/mol. The Labute approximate surface area is 129 Å². The molecule has 0 heterocycles. The molecule has 0 radical (unpaired) electrons. The van der Waals surface area contributed by atoms with Crippen molar-refractivity contribution in [3.8, 4) is 0 Å². The number of hydrogen-bond acceptors (Lipinski definition) is 2. The van der Waals surface area contributed by atoms with Crippen LogP contribution < -0.4 is 5.73 Å². The fourth-order valence-electron chi connectivity index (χ4n) is 1.72. The molecule has 0 saturated heterocycles. The van der Waals surface area contributed by atoms with Crippen molar-refractivity contribution in [2.45, 2.75) is 19.6 Å². The normalized spacial score (nSPS) is 11.7. The topological polar surface area (TPSA) is 38.4 Å². The number of benzene rings is 2. The maximum Gasteiger partial charge on any atom is 0.159 e. The lowest BCUT2D eigenvalue weighted by atomic mass is 10.1. The first-order valence-electron chi connectivity index (χ1n) is 6.34. The fourth-order valence-corrected chi connectivity index (χ4v) is 2.73. The summed E-state index contributed by atoms with van der Waals surface area (Å²) in [4.78, 5) is 4.42. The van der Waals surface area contributed by atoms with Crippen molar-refractivity contribution in [1.29, 1.82) is 0 Å². The Morgan fingerprint density at radius 1 is 1.15 bits per heavy atom. The molecule has 0 spiro atoms. The lowest BCUT2D eigenvalue weighted by molar-refractivity contribution is 1.32. The highest BCUT2D eigenvalue weighted by molar-refractivity contribution is 8.13. The molecule has 2 rings (SSSR count). The van der Waals surface area contributed by atoms with E-state index in [1.54, 1.807) is 0 Å². The standard InChI is InChI=1S/C16H17ClN2S/c1-11-7-8-14(9-12(11)2)19-16(18)20-10-13-5-3-4-6-15(13)17/h3-9H,10H2,1-2H3,(H2,18,19). The number of rotatable bonds is 3. The van der Waals surface area contributed by atoms with Crippen LogP contribution in [0.5, 0.6) is 0 Å². The largest absolute Gasteiger partial charge is 0.378 e. The van der Waals surface area contributed by atoms with Crippen molar-refractivity contribution >= 4 is 34.2 Å². The van der Waals surface area contributed by atoms with Crippen molar-refractivity contribution in [1.82, 2.24) is 0 Å². The summed E-state index contributed by atoms with van der Waals surface area (Å²) in [5.74, 6) is 0.722. The predicted octanol–water partition coefficient (Wildman–Crippen LogP) is 4.84. The van der Waals surface area contributed by atoms with Crippen molar-refractivity contribution < 1.29 is 0 Å². The molecule has 0 fully saturated rings. The molecule has 0 bridgehead atoms. The number of amidine groups is 1. The molecule has 0 aliphatic carbocycles. The van der Waals surface area contributed by atoms with Crippen LogP contribution in [0.15, 0.2) is 47.5 Å². The first-order chi connectivity index (χ1) is 9.56. The van der Waals surface area contributed by atoms with Gasteiger partial charge >= 0.3 is 0 Å². The van der Waals surface area contributed by atoms with Gasteiger partial charge in [0, 0.05) is 10.8 Å². The van der Waals surface area contributed by atoms with Crippen LogP contribution in [0.4, 0.5) is 5.69 Å². The van der Waals surface area contributed by atoms with Gasteiger partial charge in [-0.1, -0.05) is 47.6 Å². The number of halogens is 1. The Morgan fingerprint density at radius 3 is 2.60 bits per heavy atom. The first kappa shape index (κ1) is 14.9. The molecule has 2 nitrogen and oxygen atoms in total. The highest BCUT2D eigenvalue weighted by Gasteiger charge is 2.02. The molecule has 0 saturated carbocycles. The molecular weight excluding hydrogens is 288 g/mol. The zero-order chi connectivity index (χ0) is 14.5. The third-order valence-electron chi connectivity index (χ3n) is 3.06. The van der Waals surface area contributed by atoms with Gasteiger partial charge in [-0.05, 0) is 48.7 Å².